The molecule has 0 rings (SSSR count). The highest BCUT2D eigenvalue weighted by atomic mass is 32.2. The van der Waals surface area contributed by atoms with Gasteiger partial charge in [-0.3, -0.25) is 4.79 Å². The minimum Gasteiger partial charge on any atom is -0.302 e. The molecule has 0 saturated heterocycles. The van der Waals surface area contributed by atoms with Crippen LogP contribution in [0.3, 0.4) is 0 Å². The van der Waals surface area contributed by atoms with Gasteiger partial charge in [0, 0.05) is 0 Å². The van der Waals surface area contributed by atoms with Crippen LogP contribution in [-0.2, 0) is 9.59 Å². The molecule has 0 atom stereocenters. The van der Waals surface area contributed by atoms with E-state index in [9.17, 15) is 9.59 Å². The Hall–Kier alpha value is -0.570. The van der Waals surface area contributed by atoms with Crippen LogP contribution in [0.4, 0.5) is 0 Å². The van der Waals surface area contributed by atoms with Crippen molar-refractivity contribution in [3.8, 4) is 0 Å². The third kappa shape index (κ3) is 7.43. The van der Waals surface area contributed by atoms with Gasteiger partial charge in [0.15, 0.2) is 5.78 Å². The van der Waals surface area contributed by atoms with Gasteiger partial charge in [-0.1, -0.05) is 0 Å². The summed E-state index contributed by atoms with van der Waals surface area (Å²) in [6, 6.07) is 0. The van der Waals surface area contributed by atoms with Gasteiger partial charge in [0.2, 0.25) is 0 Å². The fourth-order valence-corrected chi connectivity index (χ4v) is 0.716. The van der Waals surface area contributed by atoms with Crippen LogP contribution in [0.2, 0.25) is 0 Å². The molecule has 0 aromatic rings. The highest BCUT2D eigenvalue weighted by Gasteiger charge is 1.80. The van der Waals surface area contributed by atoms with Gasteiger partial charge >= 0.3 is 0 Å². The van der Waals surface area contributed by atoms with E-state index in [1.165, 1.54) is 24.8 Å². The highest BCUT2D eigenvalue weighted by molar-refractivity contribution is 8.02. The summed E-state index contributed by atoms with van der Waals surface area (Å²) in [5.74, 6) is 0.428. The lowest BCUT2D eigenvalue weighted by molar-refractivity contribution is -0.112. The van der Waals surface area contributed by atoms with E-state index in [-0.39, 0.29) is 5.78 Å². The van der Waals surface area contributed by atoms with Crippen LogP contribution in [0, 0.1) is 0 Å². The summed E-state index contributed by atoms with van der Waals surface area (Å²) in [6.45, 7) is 1.47. The van der Waals surface area contributed by atoms with E-state index < -0.39 is 0 Å². The minimum atomic E-state index is 0.00778. The lowest BCUT2D eigenvalue weighted by Crippen LogP contribution is -1.79. The quantitative estimate of drug-likeness (QED) is 0.335. The molecular formula is C6H8O2S. The Morgan fingerprint density at radius 1 is 1.67 bits per heavy atom. The van der Waals surface area contributed by atoms with E-state index >= 15 is 0 Å². The van der Waals surface area contributed by atoms with Gasteiger partial charge in [0.1, 0.15) is 6.29 Å². The van der Waals surface area contributed by atoms with Crippen molar-refractivity contribution in [3.05, 3.63) is 11.5 Å². The maximum absolute atomic E-state index is 10.2. The number of hydrogen-bond donors (Lipinski definition) is 0. The van der Waals surface area contributed by atoms with E-state index in [1.807, 2.05) is 0 Å². The van der Waals surface area contributed by atoms with Gasteiger partial charge in [-0.15, -0.1) is 11.8 Å². The summed E-state index contributed by atoms with van der Waals surface area (Å²) in [5.41, 5.74) is 0. The summed E-state index contributed by atoms with van der Waals surface area (Å²) in [5, 5.41) is 1.62. The number of rotatable bonds is 4. The van der Waals surface area contributed by atoms with Crippen LogP contribution < -0.4 is 0 Å². The number of ketones is 1. The molecule has 0 aromatic carbocycles. The molecule has 3 heteroatoms. The zero-order valence-corrected chi connectivity index (χ0v) is 5.98. The van der Waals surface area contributed by atoms with Crippen molar-refractivity contribution >= 4 is 23.8 Å². The van der Waals surface area contributed by atoms with E-state index in [2.05, 4.69) is 0 Å². The summed E-state index contributed by atoms with van der Waals surface area (Å²) in [7, 11) is 0. The molecule has 2 nitrogen and oxygen atoms in total. The molecule has 0 radical (unpaired) electrons. The Morgan fingerprint density at radius 3 is 2.78 bits per heavy atom. The second-order valence-corrected chi connectivity index (χ2v) is 2.35. The predicted molar refractivity (Wildman–Crippen MR) is 38.3 cm³/mol. The van der Waals surface area contributed by atoms with Crippen LogP contribution >= 0.6 is 11.8 Å². The van der Waals surface area contributed by atoms with Crippen LogP contribution in [0.25, 0.3) is 0 Å². The van der Waals surface area contributed by atoms with Gasteiger partial charge in [0.05, 0.1) is 5.75 Å². The first-order valence-corrected chi connectivity index (χ1v) is 3.54. The normalized spacial score (nSPS) is 9.89. The average Bonchev–Trinajstić information content (AvgIpc) is 1.80. The minimum absolute atomic E-state index is 0.00778. The molecule has 0 N–H and O–H groups in total. The maximum Gasteiger partial charge on any atom is 0.153 e. The average molecular weight is 144 g/mol. The first-order chi connectivity index (χ1) is 4.27. The van der Waals surface area contributed by atoms with E-state index in [0.717, 1.165) is 6.29 Å². The topological polar surface area (TPSA) is 34.1 Å². The van der Waals surface area contributed by atoms with Crippen molar-refractivity contribution in [1.29, 1.82) is 0 Å². The predicted octanol–water partition coefficient (Wildman–Crippen LogP) is 1.02. The van der Waals surface area contributed by atoms with Crippen molar-refractivity contribution in [3.63, 3.8) is 0 Å². The standard InChI is InChI=1S/C6H8O2S/c1-6(8)2-4-9-5-3-7/h2-4H,5H2,1H3. The Balaban J connectivity index is 3.24. The van der Waals surface area contributed by atoms with Crippen molar-refractivity contribution < 1.29 is 9.59 Å². The zero-order chi connectivity index (χ0) is 7.11. The molecule has 0 saturated carbocycles. The number of allylic oxidation sites excluding steroid dienone is 1. The Morgan fingerprint density at radius 2 is 2.33 bits per heavy atom. The molecule has 0 unspecified atom stereocenters. The number of aldehydes is 1. The van der Waals surface area contributed by atoms with Crippen LogP contribution in [-0.4, -0.2) is 17.8 Å². The molecule has 50 valence electrons. The van der Waals surface area contributed by atoms with Crippen molar-refractivity contribution in [2.75, 3.05) is 5.75 Å². The molecule has 9 heavy (non-hydrogen) atoms. The third-order valence-electron chi connectivity index (χ3n) is 0.563. The SMILES string of the molecule is CC(=O)C=CSCC=O. The van der Waals surface area contributed by atoms with E-state index in [1.54, 1.807) is 5.41 Å². The Kier molecular flexibility index (Phi) is 5.21. The van der Waals surface area contributed by atoms with Crippen LogP contribution in [0.1, 0.15) is 6.92 Å². The number of thioether (sulfide) groups is 1. The smallest absolute Gasteiger partial charge is 0.153 e. The molecule has 0 spiro atoms. The fourth-order valence-electron chi connectivity index (χ4n) is 0.239. The van der Waals surface area contributed by atoms with E-state index in [0.29, 0.717) is 5.75 Å². The monoisotopic (exact) mass is 144 g/mol. The summed E-state index contributed by atoms with van der Waals surface area (Å²) >= 11 is 1.31. The molecule has 0 aromatic heterocycles. The third-order valence-corrected chi connectivity index (χ3v) is 1.22. The largest absolute Gasteiger partial charge is 0.302 e. The molecule has 0 heterocycles. The Labute approximate surface area is 58.3 Å². The van der Waals surface area contributed by atoms with Gasteiger partial charge in [0.25, 0.3) is 0 Å². The fraction of sp³-hybridized carbons (Fsp3) is 0.333. The number of hydrogen-bond acceptors (Lipinski definition) is 3. The van der Waals surface area contributed by atoms with Crippen molar-refractivity contribution in [1.82, 2.24) is 0 Å². The first kappa shape index (κ1) is 8.43. The van der Waals surface area contributed by atoms with Gasteiger partial charge in [-0.25, -0.2) is 0 Å². The first-order valence-electron chi connectivity index (χ1n) is 2.49. The lowest BCUT2D eigenvalue weighted by Gasteiger charge is -1.80. The lowest BCUT2D eigenvalue weighted by atomic mass is 10.5. The second-order valence-electron chi connectivity index (χ2n) is 1.41. The van der Waals surface area contributed by atoms with Gasteiger partial charge in [-0.2, -0.15) is 0 Å². The van der Waals surface area contributed by atoms with E-state index in [4.69, 9.17) is 0 Å². The maximum atomic E-state index is 10.2. The zero-order valence-electron chi connectivity index (χ0n) is 5.16. The van der Waals surface area contributed by atoms with Crippen LogP contribution in [0.15, 0.2) is 11.5 Å². The van der Waals surface area contributed by atoms with Gasteiger partial charge in [-0.05, 0) is 18.4 Å². The van der Waals surface area contributed by atoms with Crippen molar-refractivity contribution in [2.24, 2.45) is 0 Å². The summed E-state index contributed by atoms with van der Waals surface area (Å²) in [4.78, 5) is 19.9. The molecule has 0 aliphatic heterocycles. The number of carbonyl (C=O) groups excluding carboxylic acids is 2. The Bertz CT molecular complexity index is 129. The molecular weight excluding hydrogens is 136 g/mol. The van der Waals surface area contributed by atoms with Crippen molar-refractivity contribution in [2.45, 2.75) is 6.92 Å². The van der Waals surface area contributed by atoms with Gasteiger partial charge < -0.3 is 4.79 Å². The highest BCUT2D eigenvalue weighted by Crippen LogP contribution is 1.97. The molecule has 0 amide bonds. The number of carbonyl (C=O) groups is 2. The second kappa shape index (κ2) is 5.56. The molecule has 0 aliphatic rings. The summed E-state index contributed by atoms with van der Waals surface area (Å²) < 4.78 is 0. The molecule has 0 aliphatic carbocycles. The molecule has 0 fully saturated rings. The van der Waals surface area contributed by atoms with Crippen LogP contribution in [0.5, 0.6) is 0 Å². The molecule has 0 bridgehead atoms. The summed E-state index contributed by atoms with van der Waals surface area (Å²) in [6.07, 6.45) is 2.24.